The van der Waals surface area contributed by atoms with E-state index in [4.69, 9.17) is 0 Å². The molecular weight excluding hydrogens is 368 g/mol. The monoisotopic (exact) mass is 386 g/mol. The molecule has 0 spiro atoms. The number of benzene rings is 2. The predicted molar refractivity (Wildman–Crippen MR) is 99.6 cm³/mol. The molecule has 0 amide bonds. The maximum absolute atomic E-state index is 11.9. The molecule has 2 aromatic rings. The molecule has 24 heavy (non-hydrogen) atoms. The third-order valence-electron chi connectivity index (χ3n) is 3.86. The molecule has 2 aromatic carbocycles. The Morgan fingerprint density at radius 3 is 2.54 bits per heavy atom. The molecule has 5 nitrogen and oxygen atoms in total. The minimum Gasteiger partial charge on any atom is -0.291 e. The molecule has 1 heterocycles. The van der Waals surface area contributed by atoms with Gasteiger partial charge in [-0.2, -0.15) is 0 Å². The molecule has 0 aliphatic carbocycles. The van der Waals surface area contributed by atoms with Gasteiger partial charge in [0.2, 0.25) is 5.84 Å². The standard InChI is InChI=1S/C18H19BrN4O/c1-12-7-9-16(10-8-12)23-18(14-5-4-6-15(19)11-14)20-22(3)17(21-23)13(2)24/h4-11,18,20H,1-3H3. The molecular formula is C18H19BrN4O. The summed E-state index contributed by atoms with van der Waals surface area (Å²) >= 11 is 3.51. The lowest BCUT2D eigenvalue weighted by Gasteiger charge is -2.39. The van der Waals surface area contributed by atoms with Gasteiger partial charge in [-0.15, -0.1) is 5.10 Å². The van der Waals surface area contributed by atoms with Crippen LogP contribution in [0.1, 0.15) is 24.2 Å². The van der Waals surface area contributed by atoms with Crippen LogP contribution < -0.4 is 10.4 Å². The third-order valence-corrected chi connectivity index (χ3v) is 4.35. The molecule has 1 aliphatic rings. The fourth-order valence-corrected chi connectivity index (χ4v) is 3.05. The first-order valence-corrected chi connectivity index (χ1v) is 8.46. The predicted octanol–water partition coefficient (Wildman–Crippen LogP) is 3.62. The van der Waals surface area contributed by atoms with Gasteiger partial charge in [0, 0.05) is 18.4 Å². The van der Waals surface area contributed by atoms with Crippen molar-refractivity contribution in [2.75, 3.05) is 12.1 Å². The van der Waals surface area contributed by atoms with Crippen molar-refractivity contribution in [3.63, 3.8) is 0 Å². The van der Waals surface area contributed by atoms with E-state index in [-0.39, 0.29) is 11.9 Å². The van der Waals surface area contributed by atoms with E-state index in [1.807, 2.05) is 60.5 Å². The van der Waals surface area contributed by atoms with Gasteiger partial charge in [-0.25, -0.2) is 10.4 Å². The van der Waals surface area contributed by atoms with E-state index in [0.717, 1.165) is 15.7 Å². The summed E-state index contributed by atoms with van der Waals surface area (Å²) in [5.74, 6) is 0.289. The zero-order valence-corrected chi connectivity index (χ0v) is 15.4. The van der Waals surface area contributed by atoms with Gasteiger partial charge >= 0.3 is 0 Å². The molecule has 1 unspecified atom stereocenters. The molecule has 0 saturated heterocycles. The highest BCUT2D eigenvalue weighted by atomic mass is 79.9. The van der Waals surface area contributed by atoms with Crippen LogP contribution in [-0.4, -0.2) is 23.7 Å². The highest BCUT2D eigenvalue weighted by molar-refractivity contribution is 9.10. The zero-order chi connectivity index (χ0) is 17.3. The number of nitrogens with one attached hydrogen (secondary N) is 1. The SMILES string of the molecule is CC(=O)C1=NN(c2ccc(C)cc2)C(c2cccc(Br)c2)NN1C. The zero-order valence-electron chi connectivity index (χ0n) is 13.8. The summed E-state index contributed by atoms with van der Waals surface area (Å²) in [6.07, 6.45) is -0.210. The van der Waals surface area contributed by atoms with Crippen LogP contribution in [0.25, 0.3) is 0 Å². The number of hydrogen-bond donors (Lipinski definition) is 1. The molecule has 1 N–H and O–H groups in total. The van der Waals surface area contributed by atoms with Crippen LogP contribution in [-0.2, 0) is 4.79 Å². The van der Waals surface area contributed by atoms with Crippen molar-refractivity contribution in [3.8, 4) is 0 Å². The second-order valence-electron chi connectivity index (χ2n) is 5.81. The molecule has 0 radical (unpaired) electrons. The molecule has 0 saturated carbocycles. The summed E-state index contributed by atoms with van der Waals surface area (Å²) in [7, 11) is 1.80. The molecule has 124 valence electrons. The molecule has 3 rings (SSSR count). The van der Waals surface area contributed by atoms with Crippen LogP contribution in [0.4, 0.5) is 5.69 Å². The number of nitrogens with zero attached hydrogens (tertiary/aromatic N) is 3. The maximum Gasteiger partial charge on any atom is 0.206 e. The van der Waals surface area contributed by atoms with Crippen molar-refractivity contribution in [3.05, 3.63) is 64.1 Å². The van der Waals surface area contributed by atoms with Gasteiger partial charge in [0.25, 0.3) is 0 Å². The molecule has 0 fully saturated rings. The number of anilines is 1. The van der Waals surface area contributed by atoms with Gasteiger partial charge in [0.15, 0.2) is 5.78 Å². The average molecular weight is 387 g/mol. The number of rotatable bonds is 3. The number of aryl methyl sites for hydroxylation is 1. The number of ketones is 1. The van der Waals surface area contributed by atoms with Gasteiger partial charge in [0.05, 0.1) is 5.69 Å². The number of hydrazone groups is 1. The first-order valence-electron chi connectivity index (χ1n) is 7.66. The van der Waals surface area contributed by atoms with Crippen molar-refractivity contribution in [2.45, 2.75) is 20.0 Å². The van der Waals surface area contributed by atoms with Crippen LogP contribution >= 0.6 is 15.9 Å². The van der Waals surface area contributed by atoms with Gasteiger partial charge in [-0.1, -0.05) is 45.8 Å². The minimum absolute atomic E-state index is 0.0881. The van der Waals surface area contributed by atoms with Crippen LogP contribution in [0.5, 0.6) is 0 Å². The Morgan fingerprint density at radius 2 is 1.92 bits per heavy atom. The number of hydrogen-bond acceptors (Lipinski definition) is 5. The van der Waals surface area contributed by atoms with E-state index in [0.29, 0.717) is 5.84 Å². The molecule has 1 aliphatic heterocycles. The normalized spacial score (nSPS) is 17.7. The largest absolute Gasteiger partial charge is 0.291 e. The highest BCUT2D eigenvalue weighted by Crippen LogP contribution is 2.30. The third kappa shape index (κ3) is 3.34. The summed E-state index contributed by atoms with van der Waals surface area (Å²) in [6.45, 7) is 3.56. The lowest BCUT2D eigenvalue weighted by Crippen LogP contribution is -2.54. The lowest BCUT2D eigenvalue weighted by molar-refractivity contribution is -0.112. The van der Waals surface area contributed by atoms with E-state index in [9.17, 15) is 4.79 Å². The molecule has 6 heteroatoms. The average Bonchev–Trinajstić information content (AvgIpc) is 2.55. The van der Waals surface area contributed by atoms with Crippen molar-refractivity contribution >= 4 is 33.2 Å². The second-order valence-corrected chi connectivity index (χ2v) is 6.72. The molecule has 1 atom stereocenters. The van der Waals surface area contributed by atoms with Crippen LogP contribution in [0.3, 0.4) is 0 Å². The van der Waals surface area contributed by atoms with Crippen molar-refractivity contribution in [1.82, 2.24) is 10.4 Å². The number of carbonyl (C=O) groups is 1. The first kappa shape index (κ1) is 16.7. The van der Waals surface area contributed by atoms with E-state index < -0.39 is 0 Å². The summed E-state index contributed by atoms with van der Waals surface area (Å²) in [5.41, 5.74) is 6.48. The topological polar surface area (TPSA) is 47.9 Å². The van der Waals surface area contributed by atoms with Crippen molar-refractivity contribution in [1.29, 1.82) is 0 Å². The van der Waals surface area contributed by atoms with Crippen LogP contribution in [0.2, 0.25) is 0 Å². The minimum atomic E-state index is -0.210. The summed E-state index contributed by atoms with van der Waals surface area (Å²) < 4.78 is 0.995. The number of halogens is 1. The Morgan fingerprint density at radius 1 is 1.21 bits per heavy atom. The lowest BCUT2D eigenvalue weighted by atomic mass is 10.1. The Balaban J connectivity index is 2.08. The maximum atomic E-state index is 11.9. The van der Waals surface area contributed by atoms with Crippen LogP contribution in [0.15, 0.2) is 58.1 Å². The summed E-state index contributed by atoms with van der Waals surface area (Å²) in [4.78, 5) is 11.9. The number of Topliss-reactive ketones (excluding diaryl/α,β-unsaturated/α-hetero) is 1. The Hall–Kier alpha value is -2.18. The highest BCUT2D eigenvalue weighted by Gasteiger charge is 2.30. The van der Waals surface area contributed by atoms with Gasteiger partial charge in [-0.05, 0) is 36.8 Å². The smallest absolute Gasteiger partial charge is 0.206 e. The van der Waals surface area contributed by atoms with Gasteiger partial charge < -0.3 is 0 Å². The van der Waals surface area contributed by atoms with E-state index in [1.165, 1.54) is 12.5 Å². The van der Waals surface area contributed by atoms with Gasteiger partial charge in [0.1, 0.15) is 6.17 Å². The number of likely N-dealkylation sites (N-methyl/N-ethyl adjacent to an activating group) is 1. The van der Waals surface area contributed by atoms with E-state index in [1.54, 1.807) is 12.1 Å². The van der Waals surface area contributed by atoms with E-state index >= 15 is 0 Å². The number of hydrazine groups is 1. The summed E-state index contributed by atoms with van der Waals surface area (Å²) in [6, 6.07) is 16.1. The first-order chi connectivity index (χ1) is 11.5. The van der Waals surface area contributed by atoms with E-state index in [2.05, 4.69) is 26.5 Å². The Bertz CT molecular complexity index is 788. The Kier molecular flexibility index (Phi) is 4.69. The Labute approximate surface area is 150 Å². The number of carbonyl (C=O) groups excluding carboxylic acids is 1. The molecule has 0 aromatic heterocycles. The fourth-order valence-electron chi connectivity index (χ4n) is 2.63. The second kappa shape index (κ2) is 6.75. The van der Waals surface area contributed by atoms with Gasteiger partial charge in [-0.3, -0.25) is 9.80 Å². The molecule has 0 bridgehead atoms. The summed E-state index contributed by atoms with van der Waals surface area (Å²) in [5, 5.41) is 8.12. The quantitative estimate of drug-likeness (QED) is 0.874. The van der Waals surface area contributed by atoms with Crippen molar-refractivity contribution in [2.24, 2.45) is 5.10 Å². The van der Waals surface area contributed by atoms with Crippen molar-refractivity contribution < 1.29 is 4.79 Å². The fraction of sp³-hybridized carbons (Fsp3) is 0.222. The number of amidine groups is 1. The van der Waals surface area contributed by atoms with Crippen LogP contribution in [0, 0.1) is 6.92 Å².